The summed E-state index contributed by atoms with van der Waals surface area (Å²) < 4.78 is 4.16. The van der Waals surface area contributed by atoms with Gasteiger partial charge in [0.25, 0.3) is 0 Å². The molecule has 0 aromatic rings. The molecule has 1 nitrogen and oxygen atoms in total. The summed E-state index contributed by atoms with van der Waals surface area (Å²) in [4.78, 5) is 0. The van der Waals surface area contributed by atoms with E-state index in [-0.39, 0.29) is 0 Å². The van der Waals surface area contributed by atoms with Gasteiger partial charge < -0.3 is 4.57 Å². The standard InChI is InChI=1S/C11H26INSi/c1-5-7-9-13(10-8-6-2)14(3,4)11-12/h5-11H2,1-4H3. The first-order chi connectivity index (χ1) is 6.58. The van der Waals surface area contributed by atoms with Gasteiger partial charge in [0.15, 0.2) is 0 Å². The Bertz CT molecular complexity index is 131. The van der Waals surface area contributed by atoms with Gasteiger partial charge in [0, 0.05) is 4.05 Å². The van der Waals surface area contributed by atoms with Crippen molar-refractivity contribution in [2.75, 3.05) is 17.1 Å². The summed E-state index contributed by atoms with van der Waals surface area (Å²) in [5.41, 5.74) is 0. The van der Waals surface area contributed by atoms with E-state index >= 15 is 0 Å². The third-order valence-electron chi connectivity index (χ3n) is 2.75. The maximum absolute atomic E-state index is 2.80. The SMILES string of the molecule is CCCCN(CCCC)[Si](C)(C)CI. The van der Waals surface area contributed by atoms with Crippen LogP contribution >= 0.6 is 22.6 Å². The fourth-order valence-electron chi connectivity index (χ4n) is 1.50. The van der Waals surface area contributed by atoms with Gasteiger partial charge in [0.2, 0.25) is 0 Å². The van der Waals surface area contributed by atoms with E-state index in [0.29, 0.717) is 0 Å². The maximum Gasteiger partial charge on any atom is 0.131 e. The van der Waals surface area contributed by atoms with E-state index < -0.39 is 8.24 Å². The first-order valence-corrected chi connectivity index (χ1v) is 10.6. The molecule has 0 spiro atoms. The quantitative estimate of drug-likeness (QED) is 0.369. The predicted octanol–water partition coefficient (Wildman–Crippen LogP) is 4.07. The van der Waals surface area contributed by atoms with Crippen molar-refractivity contribution in [1.29, 1.82) is 0 Å². The molecule has 0 N–H and O–H groups in total. The number of hydrogen-bond acceptors (Lipinski definition) is 1. The van der Waals surface area contributed by atoms with Crippen LogP contribution in [0, 0.1) is 0 Å². The van der Waals surface area contributed by atoms with Crippen LogP contribution in [-0.2, 0) is 0 Å². The monoisotopic (exact) mass is 327 g/mol. The van der Waals surface area contributed by atoms with Crippen molar-refractivity contribution in [2.24, 2.45) is 0 Å². The van der Waals surface area contributed by atoms with Crippen LogP contribution < -0.4 is 0 Å². The van der Waals surface area contributed by atoms with Crippen molar-refractivity contribution >= 4 is 30.8 Å². The number of unbranched alkanes of at least 4 members (excludes halogenated alkanes) is 2. The molecule has 0 atom stereocenters. The van der Waals surface area contributed by atoms with Crippen LogP contribution in [0.1, 0.15) is 39.5 Å². The predicted molar refractivity (Wildman–Crippen MR) is 77.8 cm³/mol. The molecule has 0 unspecified atom stereocenters. The van der Waals surface area contributed by atoms with Crippen LogP contribution in [0.15, 0.2) is 0 Å². The summed E-state index contributed by atoms with van der Waals surface area (Å²) in [6.45, 7) is 12.3. The molecule has 0 amide bonds. The zero-order valence-electron chi connectivity index (χ0n) is 10.3. The second-order valence-corrected chi connectivity index (χ2v) is 11.5. The Kier molecular flexibility index (Phi) is 8.63. The number of rotatable bonds is 8. The number of alkyl halides is 1. The molecule has 14 heavy (non-hydrogen) atoms. The van der Waals surface area contributed by atoms with Crippen molar-refractivity contribution in [1.82, 2.24) is 4.57 Å². The molecule has 86 valence electrons. The third kappa shape index (κ3) is 5.71. The summed E-state index contributed by atoms with van der Waals surface area (Å²) in [5, 5.41) is 0. The summed E-state index contributed by atoms with van der Waals surface area (Å²) in [5.74, 6) is 0. The Morgan fingerprint density at radius 3 is 1.71 bits per heavy atom. The highest BCUT2D eigenvalue weighted by atomic mass is 127. The van der Waals surface area contributed by atoms with Gasteiger partial charge in [0.05, 0.1) is 0 Å². The van der Waals surface area contributed by atoms with Gasteiger partial charge in [0.1, 0.15) is 8.24 Å². The fraction of sp³-hybridized carbons (Fsp3) is 1.00. The minimum atomic E-state index is -1.06. The average Bonchev–Trinajstić information content (AvgIpc) is 2.17. The molecule has 0 rings (SSSR count). The van der Waals surface area contributed by atoms with E-state index in [1.807, 2.05) is 0 Å². The Morgan fingerprint density at radius 2 is 1.43 bits per heavy atom. The Morgan fingerprint density at radius 1 is 1.00 bits per heavy atom. The first kappa shape index (κ1) is 14.9. The summed E-state index contributed by atoms with van der Waals surface area (Å²) in [7, 11) is -1.06. The van der Waals surface area contributed by atoms with E-state index in [4.69, 9.17) is 0 Å². The largest absolute Gasteiger partial charge is 0.323 e. The highest BCUT2D eigenvalue weighted by molar-refractivity contribution is 14.1. The molecule has 0 aliphatic carbocycles. The minimum absolute atomic E-state index is 1.06. The van der Waals surface area contributed by atoms with Crippen molar-refractivity contribution < 1.29 is 0 Å². The van der Waals surface area contributed by atoms with Crippen LogP contribution in [-0.4, -0.2) is 29.9 Å². The van der Waals surface area contributed by atoms with E-state index in [1.165, 1.54) is 42.8 Å². The number of nitrogens with zero attached hydrogens (tertiary/aromatic N) is 1. The van der Waals surface area contributed by atoms with Gasteiger partial charge in [-0.1, -0.05) is 62.4 Å². The second-order valence-electron chi connectivity index (χ2n) is 4.64. The van der Waals surface area contributed by atoms with Crippen LogP contribution in [0.4, 0.5) is 0 Å². The van der Waals surface area contributed by atoms with Gasteiger partial charge in [-0.15, -0.1) is 0 Å². The fourth-order valence-corrected chi connectivity index (χ4v) is 4.64. The molecule has 0 aliphatic heterocycles. The lowest BCUT2D eigenvalue weighted by Gasteiger charge is -2.35. The molecule has 0 bridgehead atoms. The van der Waals surface area contributed by atoms with E-state index in [9.17, 15) is 0 Å². The highest BCUT2D eigenvalue weighted by Crippen LogP contribution is 2.15. The van der Waals surface area contributed by atoms with Crippen molar-refractivity contribution in [3.05, 3.63) is 0 Å². The smallest absolute Gasteiger partial charge is 0.131 e. The molecule has 0 aromatic heterocycles. The van der Waals surface area contributed by atoms with Crippen LogP contribution in [0.2, 0.25) is 13.1 Å². The maximum atomic E-state index is 2.80. The molecule has 0 fully saturated rings. The Hall–Kier alpha value is 0.907. The lowest BCUT2D eigenvalue weighted by atomic mass is 10.3. The van der Waals surface area contributed by atoms with E-state index in [2.05, 4.69) is 54.1 Å². The molecule has 0 aromatic carbocycles. The second kappa shape index (κ2) is 8.10. The zero-order chi connectivity index (χ0) is 11.0. The lowest BCUT2D eigenvalue weighted by molar-refractivity contribution is 0.402. The zero-order valence-corrected chi connectivity index (χ0v) is 13.4. The molecular weight excluding hydrogens is 301 g/mol. The Labute approximate surface area is 105 Å². The van der Waals surface area contributed by atoms with Gasteiger partial charge in [-0.2, -0.15) is 0 Å². The van der Waals surface area contributed by atoms with Crippen LogP contribution in [0.25, 0.3) is 0 Å². The molecule has 0 aliphatic rings. The van der Waals surface area contributed by atoms with Crippen molar-refractivity contribution in [3.63, 3.8) is 0 Å². The van der Waals surface area contributed by atoms with Gasteiger partial charge in [-0.25, -0.2) is 0 Å². The Balaban J connectivity index is 4.08. The van der Waals surface area contributed by atoms with Crippen molar-refractivity contribution in [3.8, 4) is 0 Å². The van der Waals surface area contributed by atoms with Crippen LogP contribution in [0.3, 0.4) is 0 Å². The number of hydrogen-bond donors (Lipinski definition) is 0. The first-order valence-electron chi connectivity index (χ1n) is 5.89. The van der Waals surface area contributed by atoms with E-state index in [0.717, 1.165) is 0 Å². The molecule has 0 radical (unpaired) electrons. The number of halogens is 1. The highest BCUT2D eigenvalue weighted by Gasteiger charge is 2.26. The van der Waals surface area contributed by atoms with Crippen LogP contribution in [0.5, 0.6) is 0 Å². The molecule has 0 saturated carbocycles. The lowest BCUT2D eigenvalue weighted by Crippen LogP contribution is -2.51. The van der Waals surface area contributed by atoms with Gasteiger partial charge >= 0.3 is 0 Å². The molecule has 3 heteroatoms. The molecule has 0 saturated heterocycles. The van der Waals surface area contributed by atoms with E-state index in [1.54, 1.807) is 0 Å². The van der Waals surface area contributed by atoms with Crippen molar-refractivity contribution in [2.45, 2.75) is 52.6 Å². The minimum Gasteiger partial charge on any atom is -0.323 e. The summed E-state index contributed by atoms with van der Waals surface area (Å²) in [6, 6.07) is 0. The molecule has 0 heterocycles. The summed E-state index contributed by atoms with van der Waals surface area (Å²) in [6.07, 6.45) is 5.40. The normalized spacial score (nSPS) is 12.4. The van der Waals surface area contributed by atoms with Gasteiger partial charge in [-0.3, -0.25) is 0 Å². The summed E-state index contributed by atoms with van der Waals surface area (Å²) >= 11 is 2.57. The van der Waals surface area contributed by atoms with Gasteiger partial charge in [-0.05, 0) is 25.9 Å². The average molecular weight is 327 g/mol. The topological polar surface area (TPSA) is 3.24 Å². The molecular formula is C11H26INSi. The third-order valence-corrected chi connectivity index (χ3v) is 11.2.